The molecule has 0 aromatic heterocycles. The monoisotopic (exact) mass is 362 g/mol. The number of carbonyl (C=O) groups is 2. The Bertz CT molecular complexity index is 575. The Morgan fingerprint density at radius 2 is 1.81 bits per heavy atom. The number of ether oxygens (including phenoxy) is 2. The molecule has 1 fully saturated rings. The molecule has 6 nitrogen and oxygen atoms in total. The second kappa shape index (κ2) is 9.57. The molecule has 1 saturated heterocycles. The average molecular weight is 362 g/mol. The molecule has 1 aromatic rings. The summed E-state index contributed by atoms with van der Waals surface area (Å²) in [5.41, 5.74) is 0.522. The average Bonchev–Trinajstić information content (AvgIpc) is 2.59. The van der Waals surface area contributed by atoms with Crippen LogP contribution in [0.5, 0.6) is 0 Å². The Morgan fingerprint density at radius 3 is 2.42 bits per heavy atom. The predicted molar refractivity (Wildman–Crippen MR) is 99.6 cm³/mol. The predicted octanol–water partition coefficient (Wildman–Crippen LogP) is 2.97. The smallest absolute Gasteiger partial charge is 0.407 e. The number of esters is 1. The summed E-state index contributed by atoms with van der Waals surface area (Å²) >= 11 is 0. The van der Waals surface area contributed by atoms with Gasteiger partial charge in [0.2, 0.25) is 0 Å². The molecule has 26 heavy (non-hydrogen) atoms. The van der Waals surface area contributed by atoms with Gasteiger partial charge in [0.15, 0.2) is 0 Å². The lowest BCUT2D eigenvalue weighted by Crippen LogP contribution is -2.42. The summed E-state index contributed by atoms with van der Waals surface area (Å²) < 4.78 is 10.6. The summed E-state index contributed by atoms with van der Waals surface area (Å²) in [5, 5.41) is 2.76. The summed E-state index contributed by atoms with van der Waals surface area (Å²) in [6.07, 6.45) is 1.19. The largest absolute Gasteiger partial charge is 0.461 e. The Hall–Kier alpha value is -2.08. The van der Waals surface area contributed by atoms with Gasteiger partial charge in [0.05, 0.1) is 5.92 Å². The molecule has 0 spiro atoms. The Balaban J connectivity index is 1.61. The number of hydrogen-bond acceptors (Lipinski definition) is 5. The van der Waals surface area contributed by atoms with E-state index in [1.54, 1.807) is 0 Å². The van der Waals surface area contributed by atoms with E-state index in [1.807, 2.05) is 51.1 Å². The van der Waals surface area contributed by atoms with Crippen LogP contribution in [-0.2, 0) is 20.9 Å². The number of carbonyl (C=O) groups excluding carboxylic acids is 2. The second-order valence-corrected chi connectivity index (χ2v) is 7.64. The van der Waals surface area contributed by atoms with E-state index in [4.69, 9.17) is 9.47 Å². The molecule has 0 atom stereocenters. The van der Waals surface area contributed by atoms with Crippen LogP contribution in [0, 0.1) is 5.92 Å². The highest BCUT2D eigenvalue weighted by Gasteiger charge is 2.26. The molecule has 0 aliphatic carbocycles. The zero-order chi connectivity index (χ0) is 19.0. The minimum Gasteiger partial charge on any atom is -0.461 e. The van der Waals surface area contributed by atoms with E-state index in [2.05, 4.69) is 10.2 Å². The lowest BCUT2D eigenvalue weighted by molar-refractivity contribution is -0.151. The Morgan fingerprint density at radius 1 is 1.15 bits per heavy atom. The van der Waals surface area contributed by atoms with Crippen LogP contribution in [0.25, 0.3) is 0 Å². The summed E-state index contributed by atoms with van der Waals surface area (Å²) in [6.45, 7) is 8.82. The number of hydrogen-bond donors (Lipinski definition) is 1. The summed E-state index contributed by atoms with van der Waals surface area (Å²) in [5.74, 6) is -0.144. The van der Waals surface area contributed by atoms with E-state index < -0.39 is 11.7 Å². The fourth-order valence-electron chi connectivity index (χ4n) is 2.87. The molecule has 1 N–H and O–H groups in total. The van der Waals surface area contributed by atoms with Gasteiger partial charge in [-0.05, 0) is 52.3 Å². The van der Waals surface area contributed by atoms with Gasteiger partial charge < -0.3 is 19.7 Å². The van der Waals surface area contributed by atoms with Crippen molar-refractivity contribution < 1.29 is 19.1 Å². The van der Waals surface area contributed by atoms with Crippen LogP contribution in [-0.4, -0.2) is 48.7 Å². The standard InChI is InChI=1S/C20H30N2O4/c1-20(2,3)26-19(24)21-11-14-22-12-9-17(10-13-22)18(23)25-15-16-7-5-4-6-8-16/h4-8,17H,9-15H2,1-3H3,(H,21,24). The molecular weight excluding hydrogens is 332 g/mol. The van der Waals surface area contributed by atoms with Crippen LogP contribution in [0.3, 0.4) is 0 Å². The van der Waals surface area contributed by atoms with Crippen LogP contribution in [0.1, 0.15) is 39.2 Å². The lowest BCUT2D eigenvalue weighted by atomic mass is 9.97. The minimum absolute atomic E-state index is 0.0335. The fraction of sp³-hybridized carbons (Fsp3) is 0.600. The fourth-order valence-corrected chi connectivity index (χ4v) is 2.87. The molecule has 0 bridgehead atoms. The first kappa shape index (κ1) is 20.2. The van der Waals surface area contributed by atoms with Crippen molar-refractivity contribution in [3.63, 3.8) is 0 Å². The van der Waals surface area contributed by atoms with Gasteiger partial charge in [-0.1, -0.05) is 30.3 Å². The highest BCUT2D eigenvalue weighted by atomic mass is 16.6. The molecule has 1 aliphatic heterocycles. The number of likely N-dealkylation sites (tertiary alicyclic amines) is 1. The van der Waals surface area contributed by atoms with Crippen molar-refractivity contribution in [2.24, 2.45) is 5.92 Å². The van der Waals surface area contributed by atoms with Crippen molar-refractivity contribution in [3.05, 3.63) is 35.9 Å². The summed E-state index contributed by atoms with van der Waals surface area (Å²) in [7, 11) is 0. The van der Waals surface area contributed by atoms with Gasteiger partial charge in [0.1, 0.15) is 12.2 Å². The van der Waals surface area contributed by atoms with Gasteiger partial charge in [-0.3, -0.25) is 4.79 Å². The van der Waals surface area contributed by atoms with Gasteiger partial charge in [0.25, 0.3) is 0 Å². The second-order valence-electron chi connectivity index (χ2n) is 7.64. The van der Waals surface area contributed by atoms with E-state index in [-0.39, 0.29) is 11.9 Å². The zero-order valence-corrected chi connectivity index (χ0v) is 16.0. The third-order valence-electron chi connectivity index (χ3n) is 4.24. The third kappa shape index (κ3) is 7.44. The number of benzene rings is 1. The van der Waals surface area contributed by atoms with E-state index in [0.29, 0.717) is 13.2 Å². The molecule has 0 radical (unpaired) electrons. The highest BCUT2D eigenvalue weighted by molar-refractivity contribution is 5.72. The van der Waals surface area contributed by atoms with Gasteiger partial charge in [-0.15, -0.1) is 0 Å². The maximum atomic E-state index is 12.2. The number of amides is 1. The number of alkyl carbamates (subject to hydrolysis) is 1. The lowest BCUT2D eigenvalue weighted by Gasteiger charge is -2.30. The topological polar surface area (TPSA) is 67.9 Å². The van der Waals surface area contributed by atoms with Crippen molar-refractivity contribution in [1.29, 1.82) is 0 Å². The first-order valence-corrected chi connectivity index (χ1v) is 9.23. The van der Waals surface area contributed by atoms with Crippen LogP contribution in [0.2, 0.25) is 0 Å². The molecule has 1 aromatic carbocycles. The SMILES string of the molecule is CC(C)(C)OC(=O)NCCN1CCC(C(=O)OCc2ccccc2)CC1. The molecule has 2 rings (SSSR count). The van der Waals surface area contributed by atoms with Crippen molar-refractivity contribution in [2.75, 3.05) is 26.2 Å². The normalized spacial score (nSPS) is 16.1. The van der Waals surface area contributed by atoms with Crippen molar-refractivity contribution in [1.82, 2.24) is 10.2 Å². The maximum Gasteiger partial charge on any atom is 0.407 e. The van der Waals surface area contributed by atoms with Crippen LogP contribution in [0.4, 0.5) is 4.79 Å². The molecule has 6 heteroatoms. The number of nitrogens with one attached hydrogen (secondary N) is 1. The van der Waals surface area contributed by atoms with E-state index in [1.165, 1.54) is 0 Å². The first-order valence-electron chi connectivity index (χ1n) is 9.23. The Labute approximate surface area is 155 Å². The van der Waals surface area contributed by atoms with E-state index in [9.17, 15) is 9.59 Å². The number of piperidine rings is 1. The molecule has 0 saturated carbocycles. The van der Waals surface area contributed by atoms with Crippen molar-refractivity contribution in [2.45, 2.75) is 45.8 Å². The first-order chi connectivity index (χ1) is 12.3. The zero-order valence-electron chi connectivity index (χ0n) is 16.0. The molecule has 1 aliphatic rings. The van der Waals surface area contributed by atoms with Crippen LogP contribution >= 0.6 is 0 Å². The molecular formula is C20H30N2O4. The Kier molecular flexibility index (Phi) is 7.45. The number of rotatable bonds is 6. The summed E-state index contributed by atoms with van der Waals surface area (Å²) in [6, 6.07) is 9.72. The number of nitrogens with zero attached hydrogens (tertiary/aromatic N) is 1. The van der Waals surface area contributed by atoms with Crippen molar-refractivity contribution in [3.8, 4) is 0 Å². The summed E-state index contributed by atoms with van der Waals surface area (Å²) in [4.78, 5) is 26.1. The quantitative estimate of drug-likeness (QED) is 0.788. The highest BCUT2D eigenvalue weighted by Crippen LogP contribution is 2.19. The molecule has 1 amide bonds. The minimum atomic E-state index is -0.484. The molecule has 0 unspecified atom stereocenters. The van der Waals surface area contributed by atoms with Crippen LogP contribution in [0.15, 0.2) is 30.3 Å². The van der Waals surface area contributed by atoms with E-state index in [0.717, 1.165) is 38.0 Å². The van der Waals surface area contributed by atoms with Crippen LogP contribution < -0.4 is 5.32 Å². The third-order valence-corrected chi connectivity index (χ3v) is 4.24. The molecule has 1 heterocycles. The van der Waals surface area contributed by atoms with E-state index >= 15 is 0 Å². The molecule has 144 valence electrons. The van der Waals surface area contributed by atoms with Gasteiger partial charge in [-0.25, -0.2) is 4.79 Å². The van der Waals surface area contributed by atoms with Gasteiger partial charge in [-0.2, -0.15) is 0 Å². The van der Waals surface area contributed by atoms with Gasteiger partial charge >= 0.3 is 12.1 Å². The van der Waals surface area contributed by atoms with Gasteiger partial charge in [0, 0.05) is 13.1 Å². The van der Waals surface area contributed by atoms with Crippen molar-refractivity contribution >= 4 is 12.1 Å². The maximum absolute atomic E-state index is 12.2.